The highest BCUT2D eigenvalue weighted by atomic mass is 16.2. The monoisotopic (exact) mass is 381 g/mol. The maximum atomic E-state index is 12.9. The van der Waals surface area contributed by atoms with Crippen LogP contribution >= 0.6 is 0 Å². The predicted octanol–water partition coefficient (Wildman–Crippen LogP) is 3.24. The number of carbonyl (C=O) groups excluding carboxylic acids is 2. The van der Waals surface area contributed by atoms with Gasteiger partial charge in [0, 0.05) is 25.6 Å². The largest absolute Gasteiger partial charge is 0.348 e. The van der Waals surface area contributed by atoms with Gasteiger partial charge in [-0.3, -0.25) is 9.59 Å². The van der Waals surface area contributed by atoms with Gasteiger partial charge in [0.1, 0.15) is 0 Å². The molecule has 150 valence electrons. The van der Waals surface area contributed by atoms with Crippen molar-refractivity contribution in [3.8, 4) is 0 Å². The van der Waals surface area contributed by atoms with E-state index < -0.39 is 0 Å². The zero-order chi connectivity index (χ0) is 20.1. The Kier molecular flexibility index (Phi) is 6.68. The third-order valence-electron chi connectivity index (χ3n) is 5.87. The second-order valence-electron chi connectivity index (χ2n) is 7.84. The Balaban J connectivity index is 1.68. The number of benzene rings is 2. The standard InChI is InChI=1S/C23H31N3O2/c1-3-16(2)23(28)26-12-6-9-20(15-26)22(27)25-21(14-24)19-11-10-17-7-4-5-8-18(17)13-19/h4-5,7-8,10-11,13,16,20-21H,3,6,9,12,14-15,24H2,1-2H3,(H,25,27). The molecule has 0 aliphatic carbocycles. The van der Waals surface area contributed by atoms with Crippen LogP contribution in [0.15, 0.2) is 42.5 Å². The summed E-state index contributed by atoms with van der Waals surface area (Å²) in [5, 5.41) is 5.42. The molecule has 3 atom stereocenters. The fourth-order valence-corrected chi connectivity index (χ4v) is 3.87. The maximum absolute atomic E-state index is 12.9. The Bertz CT molecular complexity index is 835. The number of nitrogens with zero attached hydrogens (tertiary/aromatic N) is 1. The molecular formula is C23H31N3O2. The normalized spacial score (nSPS) is 19.2. The van der Waals surface area contributed by atoms with E-state index in [4.69, 9.17) is 5.73 Å². The van der Waals surface area contributed by atoms with Crippen molar-refractivity contribution >= 4 is 22.6 Å². The molecule has 1 heterocycles. The van der Waals surface area contributed by atoms with E-state index >= 15 is 0 Å². The van der Waals surface area contributed by atoms with Gasteiger partial charge in [-0.05, 0) is 41.7 Å². The van der Waals surface area contributed by atoms with Crippen molar-refractivity contribution in [1.82, 2.24) is 10.2 Å². The first-order chi connectivity index (χ1) is 13.5. The number of piperidine rings is 1. The molecule has 2 amide bonds. The minimum Gasteiger partial charge on any atom is -0.348 e. The van der Waals surface area contributed by atoms with Crippen LogP contribution in [-0.2, 0) is 9.59 Å². The predicted molar refractivity (Wildman–Crippen MR) is 113 cm³/mol. The van der Waals surface area contributed by atoms with Gasteiger partial charge < -0.3 is 16.0 Å². The summed E-state index contributed by atoms with van der Waals surface area (Å²) >= 11 is 0. The molecule has 0 saturated carbocycles. The summed E-state index contributed by atoms with van der Waals surface area (Å²) in [4.78, 5) is 27.3. The molecule has 1 fully saturated rings. The minimum atomic E-state index is -0.224. The smallest absolute Gasteiger partial charge is 0.225 e. The number of fused-ring (bicyclic) bond motifs is 1. The number of likely N-dealkylation sites (tertiary alicyclic amines) is 1. The molecule has 2 aromatic rings. The molecule has 0 aromatic heterocycles. The number of carbonyl (C=O) groups is 2. The molecule has 0 spiro atoms. The molecule has 1 saturated heterocycles. The number of hydrogen-bond donors (Lipinski definition) is 2. The molecule has 5 nitrogen and oxygen atoms in total. The molecule has 28 heavy (non-hydrogen) atoms. The van der Waals surface area contributed by atoms with Crippen LogP contribution in [0.2, 0.25) is 0 Å². The zero-order valence-electron chi connectivity index (χ0n) is 16.9. The van der Waals surface area contributed by atoms with Crippen LogP contribution in [-0.4, -0.2) is 36.3 Å². The summed E-state index contributed by atoms with van der Waals surface area (Å²) in [6.45, 7) is 5.57. The molecule has 3 unspecified atom stereocenters. The SMILES string of the molecule is CCC(C)C(=O)N1CCCC(C(=O)NC(CN)c2ccc3ccccc3c2)C1. The summed E-state index contributed by atoms with van der Waals surface area (Å²) < 4.78 is 0. The van der Waals surface area contributed by atoms with Gasteiger partial charge in [0.2, 0.25) is 11.8 Å². The molecule has 2 aromatic carbocycles. The maximum Gasteiger partial charge on any atom is 0.225 e. The Morgan fingerprint density at radius 1 is 1.21 bits per heavy atom. The van der Waals surface area contributed by atoms with Gasteiger partial charge in [0.15, 0.2) is 0 Å². The first-order valence-corrected chi connectivity index (χ1v) is 10.3. The van der Waals surface area contributed by atoms with Crippen molar-refractivity contribution in [2.75, 3.05) is 19.6 Å². The number of rotatable bonds is 6. The van der Waals surface area contributed by atoms with Crippen molar-refractivity contribution in [2.45, 2.75) is 39.2 Å². The van der Waals surface area contributed by atoms with Crippen LogP contribution in [0.1, 0.15) is 44.7 Å². The average molecular weight is 382 g/mol. The Hall–Kier alpha value is -2.40. The highest BCUT2D eigenvalue weighted by Gasteiger charge is 2.30. The summed E-state index contributed by atoms with van der Waals surface area (Å²) in [5.74, 6) is -0.0115. The van der Waals surface area contributed by atoms with Crippen molar-refractivity contribution in [3.05, 3.63) is 48.0 Å². The molecular weight excluding hydrogens is 350 g/mol. The highest BCUT2D eigenvalue weighted by molar-refractivity contribution is 5.84. The topological polar surface area (TPSA) is 75.4 Å². The second kappa shape index (κ2) is 9.20. The molecule has 0 radical (unpaired) electrons. The summed E-state index contributed by atoms with van der Waals surface area (Å²) in [6, 6.07) is 14.1. The molecule has 3 N–H and O–H groups in total. The fraction of sp³-hybridized carbons (Fsp3) is 0.478. The summed E-state index contributed by atoms with van der Waals surface area (Å²) in [5.41, 5.74) is 6.99. The third-order valence-corrected chi connectivity index (χ3v) is 5.87. The van der Waals surface area contributed by atoms with Crippen LogP contribution < -0.4 is 11.1 Å². The van der Waals surface area contributed by atoms with E-state index in [0.29, 0.717) is 13.1 Å². The van der Waals surface area contributed by atoms with E-state index in [2.05, 4.69) is 29.6 Å². The third kappa shape index (κ3) is 4.53. The fourth-order valence-electron chi connectivity index (χ4n) is 3.87. The zero-order valence-corrected chi connectivity index (χ0v) is 16.9. The van der Waals surface area contributed by atoms with Gasteiger partial charge in [-0.25, -0.2) is 0 Å². The van der Waals surface area contributed by atoms with Gasteiger partial charge in [-0.15, -0.1) is 0 Å². The van der Waals surface area contributed by atoms with E-state index in [1.165, 1.54) is 5.39 Å². The number of nitrogens with two attached hydrogens (primary N) is 1. The van der Waals surface area contributed by atoms with E-state index in [-0.39, 0.29) is 29.7 Å². The lowest BCUT2D eigenvalue weighted by Crippen LogP contribution is -2.48. The van der Waals surface area contributed by atoms with Crippen LogP contribution in [0.5, 0.6) is 0 Å². The van der Waals surface area contributed by atoms with Crippen LogP contribution in [0.25, 0.3) is 10.8 Å². The second-order valence-corrected chi connectivity index (χ2v) is 7.84. The summed E-state index contributed by atoms with van der Waals surface area (Å²) in [7, 11) is 0. The Labute approximate surface area is 167 Å². The Morgan fingerprint density at radius 3 is 2.68 bits per heavy atom. The average Bonchev–Trinajstić information content (AvgIpc) is 2.75. The summed E-state index contributed by atoms with van der Waals surface area (Å²) in [6.07, 6.45) is 2.50. The lowest BCUT2D eigenvalue weighted by molar-refractivity contribution is -0.139. The minimum absolute atomic E-state index is 0.00902. The molecule has 3 rings (SSSR count). The van der Waals surface area contributed by atoms with Gasteiger partial charge in [-0.2, -0.15) is 0 Å². The van der Waals surface area contributed by atoms with E-state index in [9.17, 15) is 9.59 Å². The van der Waals surface area contributed by atoms with Crippen LogP contribution in [0.4, 0.5) is 0 Å². The van der Waals surface area contributed by atoms with E-state index in [0.717, 1.165) is 36.8 Å². The highest BCUT2D eigenvalue weighted by Crippen LogP contribution is 2.23. The lowest BCUT2D eigenvalue weighted by Gasteiger charge is -2.34. The van der Waals surface area contributed by atoms with Gasteiger partial charge in [0.25, 0.3) is 0 Å². The van der Waals surface area contributed by atoms with E-state index in [1.807, 2.05) is 36.9 Å². The Morgan fingerprint density at radius 2 is 1.96 bits per heavy atom. The van der Waals surface area contributed by atoms with Crippen molar-refractivity contribution in [1.29, 1.82) is 0 Å². The first kappa shape index (κ1) is 20.3. The van der Waals surface area contributed by atoms with Crippen molar-refractivity contribution < 1.29 is 9.59 Å². The number of nitrogens with one attached hydrogen (secondary N) is 1. The van der Waals surface area contributed by atoms with Gasteiger partial charge in [-0.1, -0.05) is 50.2 Å². The van der Waals surface area contributed by atoms with E-state index in [1.54, 1.807) is 0 Å². The molecule has 0 bridgehead atoms. The van der Waals surface area contributed by atoms with Crippen molar-refractivity contribution in [2.24, 2.45) is 17.6 Å². The molecule has 1 aliphatic heterocycles. The van der Waals surface area contributed by atoms with Crippen molar-refractivity contribution in [3.63, 3.8) is 0 Å². The lowest BCUT2D eigenvalue weighted by atomic mass is 9.94. The quantitative estimate of drug-likeness (QED) is 0.807. The van der Waals surface area contributed by atoms with Gasteiger partial charge >= 0.3 is 0 Å². The molecule has 5 heteroatoms. The first-order valence-electron chi connectivity index (χ1n) is 10.3. The van der Waals surface area contributed by atoms with Crippen LogP contribution in [0, 0.1) is 11.8 Å². The van der Waals surface area contributed by atoms with Gasteiger partial charge in [0.05, 0.1) is 12.0 Å². The molecule has 1 aliphatic rings. The number of hydrogen-bond acceptors (Lipinski definition) is 3. The number of amides is 2. The van der Waals surface area contributed by atoms with Crippen LogP contribution in [0.3, 0.4) is 0 Å².